The third-order valence-electron chi connectivity index (χ3n) is 3.60. The fourth-order valence-corrected chi connectivity index (χ4v) is 2.53. The highest BCUT2D eigenvalue weighted by Gasteiger charge is 2.32. The highest BCUT2D eigenvalue weighted by atomic mass is 19.4. The Balaban J connectivity index is 2.18. The van der Waals surface area contributed by atoms with Crippen molar-refractivity contribution in [3.63, 3.8) is 0 Å². The first-order valence-electron chi connectivity index (χ1n) is 8.15. The minimum Gasteiger partial charge on any atom is -0.462 e. The molecule has 2 rings (SSSR count). The second-order valence-electron chi connectivity index (χ2n) is 5.78. The number of ether oxygens (including phenoxy) is 2. The third kappa shape index (κ3) is 5.65. The lowest BCUT2D eigenvalue weighted by Gasteiger charge is -2.20. The highest BCUT2D eigenvalue weighted by molar-refractivity contribution is 5.90. The van der Waals surface area contributed by atoms with Crippen molar-refractivity contribution in [2.75, 3.05) is 13.7 Å². The zero-order valence-corrected chi connectivity index (χ0v) is 15.0. The summed E-state index contributed by atoms with van der Waals surface area (Å²) in [5, 5.41) is 3.79. The molecule has 0 saturated heterocycles. The number of alkyl halides is 5. The average Bonchev–Trinajstić information content (AvgIpc) is 2.99. The summed E-state index contributed by atoms with van der Waals surface area (Å²) in [5.74, 6) is -1.31. The molecule has 0 aliphatic heterocycles. The number of carbonyl (C=O) groups excluding carboxylic acids is 1. The smallest absolute Gasteiger partial charge is 0.462 e. The van der Waals surface area contributed by atoms with Crippen LogP contribution >= 0.6 is 0 Å². The maximum absolute atomic E-state index is 13.4. The Labute approximate surface area is 157 Å². The Hall–Kier alpha value is -2.69. The van der Waals surface area contributed by atoms with E-state index in [0.717, 1.165) is 16.9 Å². The van der Waals surface area contributed by atoms with Gasteiger partial charge in [-0.25, -0.2) is 18.3 Å². The van der Waals surface area contributed by atoms with Gasteiger partial charge in [0.2, 0.25) is 0 Å². The molecule has 0 aliphatic rings. The predicted octanol–water partition coefficient (Wildman–Crippen LogP) is 3.99. The van der Waals surface area contributed by atoms with E-state index in [1.165, 1.54) is 30.1 Å². The van der Waals surface area contributed by atoms with E-state index in [-0.39, 0.29) is 36.7 Å². The number of aromatic nitrogens is 2. The van der Waals surface area contributed by atoms with Crippen molar-refractivity contribution in [3.05, 3.63) is 47.3 Å². The van der Waals surface area contributed by atoms with Crippen LogP contribution in [0.2, 0.25) is 0 Å². The molecule has 28 heavy (non-hydrogen) atoms. The first kappa shape index (κ1) is 21.6. The fourth-order valence-electron chi connectivity index (χ4n) is 2.53. The third-order valence-corrected chi connectivity index (χ3v) is 3.60. The van der Waals surface area contributed by atoms with Crippen LogP contribution in [-0.4, -0.2) is 40.7 Å². The van der Waals surface area contributed by atoms with Crippen LogP contribution in [0.15, 0.2) is 30.5 Å². The van der Waals surface area contributed by atoms with Crippen molar-refractivity contribution in [1.82, 2.24) is 14.7 Å². The van der Waals surface area contributed by atoms with E-state index < -0.39 is 24.5 Å². The molecule has 1 heterocycles. The molecule has 1 aromatic carbocycles. The lowest BCUT2D eigenvalue weighted by atomic mass is 10.2. The number of nitrogens with zero attached hydrogens (tertiary/aromatic N) is 3. The lowest BCUT2D eigenvalue weighted by Crippen LogP contribution is -2.25. The molecule has 154 valence electrons. The van der Waals surface area contributed by atoms with Crippen molar-refractivity contribution < 1.29 is 36.2 Å². The number of carbonyl (C=O) groups is 1. The van der Waals surface area contributed by atoms with Gasteiger partial charge in [0.1, 0.15) is 17.0 Å². The normalized spacial score (nSPS) is 11.9. The van der Waals surface area contributed by atoms with Gasteiger partial charge in [-0.3, -0.25) is 4.90 Å². The second kappa shape index (κ2) is 9.00. The largest absolute Gasteiger partial charge is 0.573 e. The highest BCUT2D eigenvalue weighted by Crippen LogP contribution is 2.28. The van der Waals surface area contributed by atoms with E-state index in [0.29, 0.717) is 0 Å². The maximum Gasteiger partial charge on any atom is 0.573 e. The molecule has 0 radical (unpaired) electrons. The van der Waals surface area contributed by atoms with Crippen LogP contribution in [0.1, 0.15) is 35.0 Å². The van der Waals surface area contributed by atoms with Gasteiger partial charge < -0.3 is 9.47 Å². The summed E-state index contributed by atoms with van der Waals surface area (Å²) >= 11 is 0. The van der Waals surface area contributed by atoms with Crippen molar-refractivity contribution in [2.45, 2.75) is 32.9 Å². The zero-order chi connectivity index (χ0) is 20.9. The first-order valence-corrected chi connectivity index (χ1v) is 8.15. The molecule has 0 amide bonds. The van der Waals surface area contributed by atoms with Crippen LogP contribution in [0.5, 0.6) is 5.75 Å². The molecule has 2 aromatic rings. The molecule has 0 saturated carbocycles. The van der Waals surface area contributed by atoms with E-state index in [1.807, 2.05) is 0 Å². The minimum absolute atomic E-state index is 0.0165. The van der Waals surface area contributed by atoms with Crippen LogP contribution in [0.4, 0.5) is 22.0 Å². The Morgan fingerprint density at radius 2 is 1.96 bits per heavy atom. The van der Waals surface area contributed by atoms with Crippen LogP contribution in [0.3, 0.4) is 0 Å². The van der Waals surface area contributed by atoms with Crippen molar-refractivity contribution in [3.8, 4) is 5.75 Å². The number of benzene rings is 1. The van der Waals surface area contributed by atoms with Gasteiger partial charge >= 0.3 is 12.3 Å². The van der Waals surface area contributed by atoms with Gasteiger partial charge in [-0.1, -0.05) is 18.2 Å². The number of hydrogen-bond donors (Lipinski definition) is 0. The summed E-state index contributed by atoms with van der Waals surface area (Å²) in [4.78, 5) is 13.2. The minimum atomic E-state index is -4.85. The SMILES string of the molecule is CCOC(=O)c1cnn(CN(C)Cc2ccccc2OC(F)(F)F)c1C(F)F. The van der Waals surface area contributed by atoms with Gasteiger partial charge in [-0.2, -0.15) is 5.10 Å². The van der Waals surface area contributed by atoms with E-state index >= 15 is 0 Å². The van der Waals surface area contributed by atoms with Gasteiger partial charge in [0.15, 0.2) is 0 Å². The molecule has 1 aromatic heterocycles. The van der Waals surface area contributed by atoms with Crippen molar-refractivity contribution in [2.24, 2.45) is 0 Å². The maximum atomic E-state index is 13.4. The number of para-hydroxylation sites is 1. The zero-order valence-electron chi connectivity index (χ0n) is 15.0. The lowest BCUT2D eigenvalue weighted by molar-refractivity contribution is -0.275. The second-order valence-corrected chi connectivity index (χ2v) is 5.78. The molecule has 11 heteroatoms. The van der Waals surface area contributed by atoms with Gasteiger partial charge in [-0.15, -0.1) is 13.2 Å². The molecule has 0 bridgehead atoms. The number of halogens is 5. The fraction of sp³-hybridized carbons (Fsp3) is 0.412. The van der Waals surface area contributed by atoms with Crippen LogP contribution in [0.25, 0.3) is 0 Å². The quantitative estimate of drug-likeness (QED) is 0.489. The molecule has 6 nitrogen and oxygen atoms in total. The van der Waals surface area contributed by atoms with Crippen LogP contribution < -0.4 is 4.74 Å². The van der Waals surface area contributed by atoms with Gasteiger partial charge in [0.05, 0.1) is 19.5 Å². The van der Waals surface area contributed by atoms with Crippen LogP contribution in [-0.2, 0) is 18.0 Å². The number of esters is 1. The summed E-state index contributed by atoms with van der Waals surface area (Å²) in [7, 11) is 1.51. The van der Waals surface area contributed by atoms with E-state index in [4.69, 9.17) is 4.74 Å². The standard InChI is InChI=1S/C17H18F5N3O3/c1-3-27-16(26)12-8-23-25(14(12)15(18)19)10-24(2)9-11-6-4-5-7-13(11)28-17(20,21)22/h4-8,15H,3,9-10H2,1-2H3. The van der Waals surface area contributed by atoms with Crippen molar-refractivity contribution >= 4 is 5.97 Å². The monoisotopic (exact) mass is 407 g/mol. The van der Waals surface area contributed by atoms with Gasteiger partial charge in [0, 0.05) is 12.1 Å². The van der Waals surface area contributed by atoms with E-state index in [1.54, 1.807) is 6.92 Å². The molecule has 0 atom stereocenters. The summed E-state index contributed by atoms with van der Waals surface area (Å²) in [5.41, 5.74) is -0.769. The summed E-state index contributed by atoms with van der Waals surface area (Å²) in [6.45, 7) is 1.32. The molecule has 0 unspecified atom stereocenters. The summed E-state index contributed by atoms with van der Waals surface area (Å²) in [6, 6.07) is 5.51. The summed E-state index contributed by atoms with van der Waals surface area (Å²) < 4.78 is 74.0. The predicted molar refractivity (Wildman–Crippen MR) is 87.7 cm³/mol. The van der Waals surface area contributed by atoms with Gasteiger partial charge in [0.25, 0.3) is 6.43 Å². The topological polar surface area (TPSA) is 56.6 Å². The number of rotatable bonds is 8. The summed E-state index contributed by atoms with van der Waals surface area (Å²) in [6.07, 6.45) is -6.86. The Kier molecular flexibility index (Phi) is 6.95. The first-order chi connectivity index (χ1) is 13.1. The molecule has 0 fully saturated rings. The Bertz CT molecular complexity index is 808. The van der Waals surface area contributed by atoms with Gasteiger partial charge in [-0.05, 0) is 20.0 Å². The van der Waals surface area contributed by atoms with Crippen molar-refractivity contribution in [1.29, 1.82) is 0 Å². The number of hydrogen-bond acceptors (Lipinski definition) is 5. The Morgan fingerprint density at radius 1 is 1.29 bits per heavy atom. The molecular formula is C17H18F5N3O3. The molecular weight excluding hydrogens is 389 g/mol. The Morgan fingerprint density at radius 3 is 2.57 bits per heavy atom. The van der Waals surface area contributed by atoms with E-state index in [9.17, 15) is 26.7 Å². The molecule has 0 spiro atoms. The van der Waals surface area contributed by atoms with E-state index in [2.05, 4.69) is 9.84 Å². The average molecular weight is 407 g/mol. The molecule has 0 N–H and O–H groups in total. The van der Waals surface area contributed by atoms with Crippen LogP contribution in [0, 0.1) is 0 Å². The molecule has 0 aliphatic carbocycles.